The molecule has 15 heavy (non-hydrogen) atoms. The van der Waals surface area contributed by atoms with Crippen molar-refractivity contribution in [3.8, 4) is 0 Å². The molecule has 1 N–H and O–H groups in total. The molecule has 0 aliphatic carbocycles. The number of amides is 1. The van der Waals surface area contributed by atoms with Crippen molar-refractivity contribution in [3.05, 3.63) is 0 Å². The summed E-state index contributed by atoms with van der Waals surface area (Å²) in [7, 11) is 0. The van der Waals surface area contributed by atoms with Gasteiger partial charge < -0.3 is 15.0 Å². The van der Waals surface area contributed by atoms with Crippen LogP contribution in [0, 0.1) is 0 Å². The lowest BCUT2D eigenvalue weighted by atomic mass is 10.2. The normalized spacial score (nSPS) is 27.5. The number of hydrogen-bond acceptors (Lipinski definition) is 3. The average Bonchev–Trinajstić information content (AvgIpc) is 2.58. The summed E-state index contributed by atoms with van der Waals surface area (Å²) in [5.41, 5.74) is 0. The Bertz CT molecular complexity index is 207. The molecule has 0 unspecified atom stereocenters. The van der Waals surface area contributed by atoms with E-state index in [1.807, 2.05) is 4.90 Å². The van der Waals surface area contributed by atoms with Gasteiger partial charge in [0, 0.05) is 19.6 Å². The zero-order valence-corrected chi connectivity index (χ0v) is 9.21. The largest absolute Gasteiger partial charge is 0.445 e. The quantitative estimate of drug-likeness (QED) is 0.713. The van der Waals surface area contributed by atoms with Crippen molar-refractivity contribution in [1.29, 1.82) is 0 Å². The minimum Gasteiger partial charge on any atom is -0.445 e. The van der Waals surface area contributed by atoms with Crippen molar-refractivity contribution < 1.29 is 9.53 Å². The van der Waals surface area contributed by atoms with Crippen LogP contribution >= 0.6 is 0 Å². The highest BCUT2D eigenvalue weighted by Gasteiger charge is 2.23. The van der Waals surface area contributed by atoms with Gasteiger partial charge in [-0.3, -0.25) is 0 Å². The van der Waals surface area contributed by atoms with E-state index in [-0.39, 0.29) is 12.2 Å². The smallest absolute Gasteiger partial charge is 0.410 e. The van der Waals surface area contributed by atoms with Crippen molar-refractivity contribution in [2.45, 2.75) is 38.2 Å². The Morgan fingerprint density at radius 1 is 1.20 bits per heavy atom. The van der Waals surface area contributed by atoms with Crippen LogP contribution in [0.25, 0.3) is 0 Å². The molecule has 2 aliphatic heterocycles. The number of carbonyl (C=O) groups excluding carboxylic acids is 1. The van der Waals surface area contributed by atoms with Gasteiger partial charge in [-0.25, -0.2) is 4.79 Å². The Morgan fingerprint density at radius 2 is 1.93 bits per heavy atom. The van der Waals surface area contributed by atoms with Crippen LogP contribution in [0.5, 0.6) is 0 Å². The summed E-state index contributed by atoms with van der Waals surface area (Å²) in [4.78, 5) is 13.6. The maximum atomic E-state index is 11.8. The van der Waals surface area contributed by atoms with Crippen LogP contribution in [0.15, 0.2) is 0 Å². The molecule has 0 aromatic rings. The Balaban J connectivity index is 1.77. The maximum Gasteiger partial charge on any atom is 0.410 e. The third-order valence-corrected chi connectivity index (χ3v) is 3.15. The number of carbonyl (C=O) groups is 1. The molecule has 0 aromatic carbocycles. The first kappa shape index (κ1) is 10.7. The van der Waals surface area contributed by atoms with E-state index in [1.54, 1.807) is 0 Å². The van der Waals surface area contributed by atoms with Gasteiger partial charge >= 0.3 is 6.09 Å². The zero-order valence-electron chi connectivity index (χ0n) is 9.21. The molecule has 2 saturated heterocycles. The van der Waals surface area contributed by atoms with E-state index in [4.69, 9.17) is 4.74 Å². The molecule has 1 atom stereocenters. The first-order valence-electron chi connectivity index (χ1n) is 6.02. The lowest BCUT2D eigenvalue weighted by molar-refractivity contribution is 0.0713. The summed E-state index contributed by atoms with van der Waals surface area (Å²) in [6, 6.07) is 0. The monoisotopic (exact) mass is 212 g/mol. The van der Waals surface area contributed by atoms with E-state index in [0.29, 0.717) is 0 Å². The molecular weight excluding hydrogens is 192 g/mol. The molecule has 2 fully saturated rings. The number of ether oxygens (including phenoxy) is 1. The Kier molecular flexibility index (Phi) is 3.83. The van der Waals surface area contributed by atoms with Crippen molar-refractivity contribution >= 4 is 6.09 Å². The van der Waals surface area contributed by atoms with Gasteiger partial charge in [-0.1, -0.05) is 12.8 Å². The molecule has 2 aliphatic rings. The number of rotatable bonds is 1. The highest BCUT2D eigenvalue weighted by molar-refractivity contribution is 5.67. The second kappa shape index (κ2) is 5.35. The van der Waals surface area contributed by atoms with Crippen LogP contribution in [0.1, 0.15) is 32.1 Å². The zero-order chi connectivity index (χ0) is 10.5. The predicted octanol–water partition coefficient (Wildman–Crippen LogP) is 1.36. The van der Waals surface area contributed by atoms with Crippen molar-refractivity contribution in [1.82, 2.24) is 10.2 Å². The lowest BCUT2D eigenvalue weighted by Gasteiger charge is -2.21. The van der Waals surface area contributed by atoms with Crippen LogP contribution in [0.4, 0.5) is 4.79 Å². The van der Waals surface area contributed by atoms with E-state index in [9.17, 15) is 4.79 Å². The van der Waals surface area contributed by atoms with Crippen LogP contribution in [0.3, 0.4) is 0 Å². The Hall–Kier alpha value is -0.770. The van der Waals surface area contributed by atoms with Gasteiger partial charge in [0.25, 0.3) is 0 Å². The molecule has 86 valence electrons. The van der Waals surface area contributed by atoms with E-state index in [0.717, 1.165) is 45.4 Å². The van der Waals surface area contributed by atoms with Crippen molar-refractivity contribution in [2.75, 3.05) is 26.2 Å². The predicted molar refractivity (Wildman–Crippen MR) is 57.8 cm³/mol. The second-order valence-corrected chi connectivity index (χ2v) is 4.40. The third kappa shape index (κ3) is 3.09. The standard InChI is InChI=1S/C11H20N2O2/c14-11(15-10-5-6-12-9-10)13-7-3-1-2-4-8-13/h10,12H,1-9H2/t10-/m0/s1. The fraction of sp³-hybridized carbons (Fsp3) is 0.909. The minimum atomic E-state index is -0.106. The Labute approximate surface area is 91.0 Å². The summed E-state index contributed by atoms with van der Waals surface area (Å²) in [5.74, 6) is 0. The molecule has 2 heterocycles. The highest BCUT2D eigenvalue weighted by Crippen LogP contribution is 2.12. The SMILES string of the molecule is O=C(O[C@H]1CCNC1)N1CCCCCC1. The number of nitrogens with one attached hydrogen (secondary N) is 1. The van der Waals surface area contributed by atoms with E-state index in [2.05, 4.69) is 5.32 Å². The van der Waals surface area contributed by atoms with Gasteiger partial charge in [-0.15, -0.1) is 0 Å². The van der Waals surface area contributed by atoms with E-state index >= 15 is 0 Å². The molecule has 0 saturated carbocycles. The van der Waals surface area contributed by atoms with Gasteiger partial charge in [0.2, 0.25) is 0 Å². The summed E-state index contributed by atoms with van der Waals surface area (Å²) in [6.45, 7) is 3.54. The molecule has 0 radical (unpaired) electrons. The van der Waals surface area contributed by atoms with Gasteiger partial charge in [-0.2, -0.15) is 0 Å². The van der Waals surface area contributed by atoms with Crippen LogP contribution in [0.2, 0.25) is 0 Å². The minimum absolute atomic E-state index is 0.0979. The topological polar surface area (TPSA) is 41.6 Å². The first-order chi connectivity index (χ1) is 7.36. The molecule has 4 heteroatoms. The number of likely N-dealkylation sites (tertiary alicyclic amines) is 1. The second-order valence-electron chi connectivity index (χ2n) is 4.40. The van der Waals surface area contributed by atoms with Gasteiger partial charge in [0.1, 0.15) is 6.10 Å². The highest BCUT2D eigenvalue weighted by atomic mass is 16.6. The average molecular weight is 212 g/mol. The summed E-state index contributed by atoms with van der Waals surface area (Å²) in [5, 5.41) is 3.20. The molecule has 0 spiro atoms. The third-order valence-electron chi connectivity index (χ3n) is 3.15. The van der Waals surface area contributed by atoms with Gasteiger partial charge in [-0.05, 0) is 25.8 Å². The first-order valence-corrected chi connectivity index (χ1v) is 6.02. The molecule has 1 amide bonds. The molecule has 0 aromatic heterocycles. The fourth-order valence-electron chi connectivity index (χ4n) is 2.20. The number of nitrogens with zero attached hydrogens (tertiary/aromatic N) is 1. The van der Waals surface area contributed by atoms with Crippen molar-refractivity contribution in [2.24, 2.45) is 0 Å². The summed E-state index contributed by atoms with van der Waals surface area (Å²) < 4.78 is 5.43. The summed E-state index contributed by atoms with van der Waals surface area (Å²) in [6.07, 6.45) is 5.69. The summed E-state index contributed by atoms with van der Waals surface area (Å²) >= 11 is 0. The fourth-order valence-corrected chi connectivity index (χ4v) is 2.20. The Morgan fingerprint density at radius 3 is 2.53 bits per heavy atom. The van der Waals surface area contributed by atoms with Gasteiger partial charge in [0.05, 0.1) is 0 Å². The molecule has 2 rings (SSSR count). The van der Waals surface area contributed by atoms with Gasteiger partial charge in [0.15, 0.2) is 0 Å². The van der Waals surface area contributed by atoms with Crippen LogP contribution in [-0.4, -0.2) is 43.3 Å². The molecule has 0 bridgehead atoms. The molecule has 4 nitrogen and oxygen atoms in total. The van der Waals surface area contributed by atoms with E-state index in [1.165, 1.54) is 12.8 Å². The maximum absolute atomic E-state index is 11.8. The van der Waals surface area contributed by atoms with Crippen molar-refractivity contribution in [3.63, 3.8) is 0 Å². The lowest BCUT2D eigenvalue weighted by Crippen LogP contribution is -2.35. The van der Waals surface area contributed by atoms with Crippen LogP contribution in [-0.2, 0) is 4.74 Å². The van der Waals surface area contributed by atoms with Crippen LogP contribution < -0.4 is 5.32 Å². The number of hydrogen-bond donors (Lipinski definition) is 1. The molecular formula is C11H20N2O2. The van der Waals surface area contributed by atoms with E-state index < -0.39 is 0 Å².